The normalized spacial score (nSPS) is 11.0. The maximum Gasteiger partial charge on any atom is 0.150 e. The van der Waals surface area contributed by atoms with Crippen LogP contribution >= 0.6 is 0 Å². The highest BCUT2D eigenvalue weighted by atomic mass is 16.3. The number of rotatable bonds is 1. The number of aryl methyl sites for hydroxylation is 1. The molecule has 15 heavy (non-hydrogen) atoms. The van der Waals surface area contributed by atoms with Crippen LogP contribution in [-0.4, -0.2) is 9.97 Å². The van der Waals surface area contributed by atoms with E-state index in [-0.39, 0.29) is 0 Å². The summed E-state index contributed by atoms with van der Waals surface area (Å²) < 4.78 is 5.37. The summed E-state index contributed by atoms with van der Waals surface area (Å²) in [7, 11) is 0. The Hall–Kier alpha value is -2.03. The lowest BCUT2D eigenvalue weighted by atomic mass is 10.1. The molecular weight excluding hydrogens is 188 g/mol. The SMILES string of the molecule is Cc1c(-c2ccco2)[nH]c2ncccc12. The van der Waals surface area contributed by atoms with Gasteiger partial charge in [-0.3, -0.25) is 0 Å². The molecule has 3 nitrogen and oxygen atoms in total. The number of hydrogen-bond acceptors (Lipinski definition) is 2. The van der Waals surface area contributed by atoms with Gasteiger partial charge in [0.25, 0.3) is 0 Å². The molecule has 3 heteroatoms. The van der Waals surface area contributed by atoms with Gasteiger partial charge >= 0.3 is 0 Å². The minimum atomic E-state index is 0.852. The van der Waals surface area contributed by atoms with E-state index in [0.717, 1.165) is 22.5 Å². The number of nitrogens with one attached hydrogen (secondary N) is 1. The van der Waals surface area contributed by atoms with Crippen LogP contribution in [0.4, 0.5) is 0 Å². The molecular formula is C12H10N2O. The van der Waals surface area contributed by atoms with Crippen molar-refractivity contribution in [1.82, 2.24) is 9.97 Å². The van der Waals surface area contributed by atoms with Crippen molar-refractivity contribution in [1.29, 1.82) is 0 Å². The van der Waals surface area contributed by atoms with Gasteiger partial charge in [-0.15, -0.1) is 0 Å². The van der Waals surface area contributed by atoms with E-state index < -0.39 is 0 Å². The molecule has 0 amide bonds. The van der Waals surface area contributed by atoms with Crippen LogP contribution in [0.1, 0.15) is 5.56 Å². The fourth-order valence-electron chi connectivity index (χ4n) is 1.82. The number of pyridine rings is 1. The number of fused-ring (bicyclic) bond motifs is 1. The summed E-state index contributed by atoms with van der Waals surface area (Å²) in [4.78, 5) is 7.54. The van der Waals surface area contributed by atoms with Crippen molar-refractivity contribution in [3.63, 3.8) is 0 Å². The highest BCUT2D eigenvalue weighted by Gasteiger charge is 2.11. The topological polar surface area (TPSA) is 41.8 Å². The van der Waals surface area contributed by atoms with Crippen LogP contribution in [0.3, 0.4) is 0 Å². The van der Waals surface area contributed by atoms with Crippen molar-refractivity contribution in [3.05, 3.63) is 42.3 Å². The Balaban J connectivity index is 2.33. The smallest absolute Gasteiger partial charge is 0.150 e. The van der Waals surface area contributed by atoms with Crippen LogP contribution in [0.15, 0.2) is 41.1 Å². The van der Waals surface area contributed by atoms with Crippen molar-refractivity contribution < 1.29 is 4.42 Å². The molecule has 0 radical (unpaired) electrons. The number of aromatic amines is 1. The Morgan fingerprint density at radius 2 is 2.20 bits per heavy atom. The molecule has 0 aliphatic rings. The van der Waals surface area contributed by atoms with Gasteiger partial charge in [-0.1, -0.05) is 0 Å². The van der Waals surface area contributed by atoms with Gasteiger partial charge in [0.15, 0.2) is 0 Å². The third kappa shape index (κ3) is 1.16. The zero-order chi connectivity index (χ0) is 10.3. The molecule has 0 aromatic carbocycles. The molecule has 0 bridgehead atoms. The second-order valence-corrected chi connectivity index (χ2v) is 3.50. The predicted octanol–water partition coefficient (Wildman–Crippen LogP) is 3.13. The van der Waals surface area contributed by atoms with Crippen molar-refractivity contribution >= 4 is 11.0 Å². The van der Waals surface area contributed by atoms with Crippen molar-refractivity contribution in [2.24, 2.45) is 0 Å². The van der Waals surface area contributed by atoms with E-state index >= 15 is 0 Å². The number of nitrogens with zero attached hydrogens (tertiary/aromatic N) is 1. The quantitative estimate of drug-likeness (QED) is 0.652. The third-order valence-electron chi connectivity index (χ3n) is 2.60. The number of aromatic nitrogens is 2. The summed E-state index contributed by atoms with van der Waals surface area (Å²) in [6, 6.07) is 7.82. The predicted molar refractivity (Wildman–Crippen MR) is 58.5 cm³/mol. The van der Waals surface area contributed by atoms with E-state index in [4.69, 9.17) is 4.42 Å². The lowest BCUT2D eigenvalue weighted by molar-refractivity contribution is 0.580. The Kier molecular flexibility index (Phi) is 1.65. The zero-order valence-corrected chi connectivity index (χ0v) is 8.32. The average molecular weight is 198 g/mol. The Morgan fingerprint density at radius 3 is 2.93 bits per heavy atom. The summed E-state index contributed by atoms with van der Waals surface area (Å²) >= 11 is 0. The van der Waals surface area contributed by atoms with Crippen molar-refractivity contribution in [2.45, 2.75) is 6.92 Å². The van der Waals surface area contributed by atoms with Crippen LogP contribution in [0.5, 0.6) is 0 Å². The summed E-state index contributed by atoms with van der Waals surface area (Å²) in [6.45, 7) is 2.07. The number of furan rings is 1. The standard InChI is InChI=1S/C12H10N2O/c1-8-9-4-2-6-13-12(9)14-11(8)10-5-3-7-15-10/h2-7H,1H3,(H,13,14). The Labute approximate surface area is 86.8 Å². The summed E-state index contributed by atoms with van der Waals surface area (Å²) in [5.41, 5.74) is 3.09. The third-order valence-corrected chi connectivity index (χ3v) is 2.60. The van der Waals surface area contributed by atoms with Gasteiger partial charge in [0.05, 0.1) is 12.0 Å². The second kappa shape index (κ2) is 2.98. The van der Waals surface area contributed by atoms with E-state index in [0.29, 0.717) is 0 Å². The molecule has 3 rings (SSSR count). The lowest BCUT2D eigenvalue weighted by Crippen LogP contribution is -1.75. The molecule has 3 aromatic heterocycles. The maximum atomic E-state index is 5.37. The summed E-state index contributed by atoms with van der Waals surface area (Å²) in [6.07, 6.45) is 3.46. The first-order valence-electron chi connectivity index (χ1n) is 4.83. The lowest BCUT2D eigenvalue weighted by Gasteiger charge is -1.93. The monoisotopic (exact) mass is 198 g/mol. The molecule has 1 N–H and O–H groups in total. The number of hydrogen-bond donors (Lipinski definition) is 1. The van der Waals surface area contributed by atoms with E-state index in [1.807, 2.05) is 18.2 Å². The molecule has 0 spiro atoms. The van der Waals surface area contributed by atoms with Gasteiger partial charge in [0.1, 0.15) is 11.4 Å². The summed E-state index contributed by atoms with van der Waals surface area (Å²) in [5, 5.41) is 1.14. The minimum Gasteiger partial charge on any atom is -0.463 e. The molecule has 74 valence electrons. The van der Waals surface area contributed by atoms with Crippen LogP contribution in [0.25, 0.3) is 22.5 Å². The molecule has 0 aliphatic heterocycles. The van der Waals surface area contributed by atoms with Gasteiger partial charge in [-0.25, -0.2) is 4.98 Å². The van der Waals surface area contributed by atoms with Gasteiger partial charge in [0.2, 0.25) is 0 Å². The van der Waals surface area contributed by atoms with E-state index in [1.54, 1.807) is 12.5 Å². The highest BCUT2D eigenvalue weighted by molar-refractivity contribution is 5.86. The largest absolute Gasteiger partial charge is 0.463 e. The molecule has 3 heterocycles. The molecule has 0 aliphatic carbocycles. The van der Waals surface area contributed by atoms with E-state index in [9.17, 15) is 0 Å². The Morgan fingerprint density at radius 1 is 1.27 bits per heavy atom. The minimum absolute atomic E-state index is 0.852. The van der Waals surface area contributed by atoms with E-state index in [2.05, 4.69) is 23.0 Å². The first-order valence-corrected chi connectivity index (χ1v) is 4.83. The first kappa shape index (κ1) is 8.29. The van der Waals surface area contributed by atoms with Crippen LogP contribution in [0, 0.1) is 6.92 Å². The Bertz CT molecular complexity index is 593. The van der Waals surface area contributed by atoms with Gasteiger partial charge < -0.3 is 9.40 Å². The second-order valence-electron chi connectivity index (χ2n) is 3.50. The fourth-order valence-corrected chi connectivity index (χ4v) is 1.82. The van der Waals surface area contributed by atoms with Crippen LogP contribution in [0.2, 0.25) is 0 Å². The summed E-state index contributed by atoms with van der Waals surface area (Å²) in [5.74, 6) is 0.852. The van der Waals surface area contributed by atoms with Gasteiger partial charge in [-0.2, -0.15) is 0 Å². The molecule has 0 saturated heterocycles. The molecule has 0 fully saturated rings. The van der Waals surface area contributed by atoms with Crippen LogP contribution in [-0.2, 0) is 0 Å². The van der Waals surface area contributed by atoms with Crippen molar-refractivity contribution in [3.8, 4) is 11.5 Å². The zero-order valence-electron chi connectivity index (χ0n) is 8.32. The van der Waals surface area contributed by atoms with Gasteiger partial charge in [-0.05, 0) is 36.8 Å². The molecule has 3 aromatic rings. The highest BCUT2D eigenvalue weighted by Crippen LogP contribution is 2.28. The number of H-pyrrole nitrogens is 1. The maximum absolute atomic E-state index is 5.37. The van der Waals surface area contributed by atoms with E-state index in [1.165, 1.54) is 5.56 Å². The van der Waals surface area contributed by atoms with Crippen LogP contribution < -0.4 is 0 Å². The van der Waals surface area contributed by atoms with Gasteiger partial charge in [0, 0.05) is 11.6 Å². The average Bonchev–Trinajstić information content (AvgIpc) is 2.87. The first-order chi connectivity index (χ1) is 7.36. The molecule has 0 atom stereocenters. The molecule has 0 unspecified atom stereocenters. The fraction of sp³-hybridized carbons (Fsp3) is 0.0833. The molecule has 0 saturated carbocycles. The van der Waals surface area contributed by atoms with Crippen molar-refractivity contribution in [2.75, 3.05) is 0 Å².